The molecule has 0 bridgehead atoms. The molecule has 0 aromatic heterocycles. The summed E-state index contributed by atoms with van der Waals surface area (Å²) in [5.74, 6) is -0.269. The van der Waals surface area contributed by atoms with Gasteiger partial charge in [0.2, 0.25) is 0 Å². The quantitative estimate of drug-likeness (QED) is 0.786. The van der Waals surface area contributed by atoms with Gasteiger partial charge in [-0.15, -0.1) is 0 Å². The molecule has 0 radical (unpaired) electrons. The smallest absolute Gasteiger partial charge is 0.338 e. The molecule has 1 N–H and O–H groups in total. The minimum absolute atomic E-state index is 0.199. The number of rotatable bonds is 5. The maximum Gasteiger partial charge on any atom is 0.338 e. The molecule has 142 valence electrons. The first kappa shape index (κ1) is 19.0. The molecule has 0 aliphatic carbocycles. The Morgan fingerprint density at radius 1 is 1.19 bits per heavy atom. The first-order valence-corrected chi connectivity index (χ1v) is 9.09. The molecule has 1 aliphatic heterocycles. The fourth-order valence-corrected chi connectivity index (χ4v) is 2.89. The number of halogens is 1. The summed E-state index contributed by atoms with van der Waals surface area (Å²) in [7, 11) is 0. The Kier molecular flexibility index (Phi) is 6.19. The van der Waals surface area contributed by atoms with Gasteiger partial charge in [-0.25, -0.2) is 4.79 Å². The van der Waals surface area contributed by atoms with E-state index < -0.39 is 18.5 Å². The lowest BCUT2D eigenvalue weighted by Crippen LogP contribution is -2.21. The molecule has 27 heavy (non-hydrogen) atoms. The van der Waals surface area contributed by atoms with Crippen LogP contribution in [0.4, 0.5) is 5.69 Å². The van der Waals surface area contributed by atoms with Crippen LogP contribution in [0.1, 0.15) is 29.3 Å². The average Bonchev–Trinajstić information content (AvgIpc) is 2.92. The number of esters is 1. The number of hydrogen-bond acceptors (Lipinski definition) is 5. The summed E-state index contributed by atoms with van der Waals surface area (Å²) < 4.78 is 16.2. The number of carbonyl (C=O) groups is 2. The van der Waals surface area contributed by atoms with Crippen LogP contribution < -0.4 is 14.8 Å². The third-order valence-electron chi connectivity index (χ3n) is 3.99. The van der Waals surface area contributed by atoms with Crippen LogP contribution in [0.2, 0.25) is 5.02 Å². The number of nitrogens with one attached hydrogen (secondary N) is 1. The SMILES string of the molecule is CCc1cccc(NC(=O)COC(=O)c2cc(Cl)c3c(c2)OCCCO3)c1. The zero-order chi connectivity index (χ0) is 19.2. The second-order valence-corrected chi connectivity index (χ2v) is 6.42. The van der Waals surface area contributed by atoms with Gasteiger partial charge in [0.15, 0.2) is 18.1 Å². The Morgan fingerprint density at radius 3 is 2.81 bits per heavy atom. The van der Waals surface area contributed by atoms with Crippen molar-refractivity contribution >= 4 is 29.2 Å². The Morgan fingerprint density at radius 2 is 2.00 bits per heavy atom. The molecule has 7 heteroatoms. The Balaban J connectivity index is 1.61. The van der Waals surface area contributed by atoms with E-state index >= 15 is 0 Å². The van der Waals surface area contributed by atoms with Crippen molar-refractivity contribution in [2.75, 3.05) is 25.1 Å². The Labute approximate surface area is 162 Å². The van der Waals surface area contributed by atoms with E-state index in [0.29, 0.717) is 30.4 Å². The zero-order valence-electron chi connectivity index (χ0n) is 14.9. The maximum absolute atomic E-state index is 12.3. The number of benzene rings is 2. The molecule has 0 unspecified atom stereocenters. The summed E-state index contributed by atoms with van der Waals surface area (Å²) in [5, 5.41) is 2.97. The van der Waals surface area contributed by atoms with Crippen molar-refractivity contribution < 1.29 is 23.8 Å². The van der Waals surface area contributed by atoms with Crippen molar-refractivity contribution in [2.45, 2.75) is 19.8 Å². The molecule has 2 aromatic carbocycles. The predicted octanol–water partition coefficient (Wildman–Crippen LogP) is 3.86. The van der Waals surface area contributed by atoms with Crippen LogP contribution in [-0.4, -0.2) is 31.7 Å². The predicted molar refractivity (Wildman–Crippen MR) is 102 cm³/mol. The van der Waals surface area contributed by atoms with Gasteiger partial charge in [0.1, 0.15) is 0 Å². The molecule has 1 amide bonds. The molecule has 2 aromatic rings. The summed E-state index contributed by atoms with van der Waals surface area (Å²) in [4.78, 5) is 24.3. The van der Waals surface area contributed by atoms with Gasteiger partial charge in [0, 0.05) is 12.1 Å². The fraction of sp³-hybridized carbons (Fsp3) is 0.300. The van der Waals surface area contributed by atoms with Gasteiger partial charge in [-0.2, -0.15) is 0 Å². The molecule has 0 fully saturated rings. The third-order valence-corrected chi connectivity index (χ3v) is 4.27. The van der Waals surface area contributed by atoms with Crippen LogP contribution in [0.15, 0.2) is 36.4 Å². The Bertz CT molecular complexity index is 852. The number of hydrogen-bond donors (Lipinski definition) is 1. The number of ether oxygens (including phenoxy) is 3. The van der Waals surface area contributed by atoms with E-state index in [9.17, 15) is 9.59 Å². The highest BCUT2D eigenvalue weighted by Gasteiger charge is 2.19. The minimum atomic E-state index is -0.662. The molecule has 1 aliphatic rings. The highest BCUT2D eigenvalue weighted by Crippen LogP contribution is 2.38. The van der Waals surface area contributed by atoms with Crippen LogP contribution in [0.3, 0.4) is 0 Å². The zero-order valence-corrected chi connectivity index (χ0v) is 15.7. The van der Waals surface area contributed by atoms with Crippen molar-refractivity contribution in [3.05, 3.63) is 52.5 Å². The number of amides is 1. The molecule has 1 heterocycles. The van der Waals surface area contributed by atoms with Gasteiger partial charge in [0.25, 0.3) is 5.91 Å². The molecule has 6 nitrogen and oxygen atoms in total. The molecule has 0 saturated heterocycles. The van der Waals surface area contributed by atoms with E-state index in [1.54, 1.807) is 6.07 Å². The van der Waals surface area contributed by atoms with E-state index in [1.165, 1.54) is 12.1 Å². The van der Waals surface area contributed by atoms with E-state index in [0.717, 1.165) is 18.4 Å². The van der Waals surface area contributed by atoms with Crippen LogP contribution in [-0.2, 0) is 16.0 Å². The summed E-state index contributed by atoms with van der Waals surface area (Å²) in [5.41, 5.74) is 1.96. The third kappa shape index (κ3) is 4.92. The van der Waals surface area contributed by atoms with Crippen molar-refractivity contribution in [1.82, 2.24) is 0 Å². The van der Waals surface area contributed by atoms with Gasteiger partial charge in [-0.05, 0) is 36.2 Å². The molecular weight excluding hydrogens is 370 g/mol. The van der Waals surface area contributed by atoms with E-state index in [2.05, 4.69) is 5.32 Å². The van der Waals surface area contributed by atoms with Crippen LogP contribution >= 0.6 is 11.6 Å². The number of fused-ring (bicyclic) bond motifs is 1. The molecule has 0 spiro atoms. The number of aryl methyl sites for hydroxylation is 1. The Hall–Kier alpha value is -2.73. The monoisotopic (exact) mass is 389 g/mol. The molecule has 3 rings (SSSR count). The van der Waals surface area contributed by atoms with E-state index in [1.807, 2.05) is 25.1 Å². The lowest BCUT2D eigenvalue weighted by molar-refractivity contribution is -0.119. The lowest BCUT2D eigenvalue weighted by Gasteiger charge is -2.11. The minimum Gasteiger partial charge on any atom is -0.489 e. The van der Waals surface area contributed by atoms with Gasteiger partial charge >= 0.3 is 5.97 Å². The number of carbonyl (C=O) groups excluding carboxylic acids is 2. The molecular formula is C20H20ClNO5. The first-order chi connectivity index (χ1) is 13.1. The number of anilines is 1. The molecule has 0 atom stereocenters. The van der Waals surface area contributed by atoms with Crippen molar-refractivity contribution in [3.8, 4) is 11.5 Å². The highest BCUT2D eigenvalue weighted by molar-refractivity contribution is 6.32. The summed E-state index contributed by atoms with van der Waals surface area (Å²) in [6, 6.07) is 10.5. The highest BCUT2D eigenvalue weighted by atomic mass is 35.5. The summed E-state index contributed by atoms with van der Waals surface area (Å²) in [6.07, 6.45) is 1.59. The first-order valence-electron chi connectivity index (χ1n) is 8.72. The van der Waals surface area contributed by atoms with Crippen LogP contribution in [0.5, 0.6) is 11.5 Å². The standard InChI is InChI=1S/C20H20ClNO5/c1-2-13-5-3-6-15(9-13)22-18(23)12-27-20(24)14-10-16(21)19-17(11-14)25-7-4-8-26-19/h3,5-6,9-11H,2,4,7-8,12H2,1H3,(H,22,23). The average molecular weight is 390 g/mol. The van der Waals surface area contributed by atoms with Gasteiger partial charge in [-0.3, -0.25) is 4.79 Å². The topological polar surface area (TPSA) is 73.9 Å². The normalized spacial score (nSPS) is 12.8. The van der Waals surface area contributed by atoms with Crippen LogP contribution in [0, 0.1) is 0 Å². The van der Waals surface area contributed by atoms with Gasteiger partial charge < -0.3 is 19.5 Å². The van der Waals surface area contributed by atoms with Gasteiger partial charge in [0.05, 0.1) is 23.8 Å². The molecule has 0 saturated carbocycles. The van der Waals surface area contributed by atoms with Crippen molar-refractivity contribution in [1.29, 1.82) is 0 Å². The lowest BCUT2D eigenvalue weighted by atomic mass is 10.1. The fourth-order valence-electron chi connectivity index (χ4n) is 2.63. The second kappa shape index (κ2) is 8.77. The maximum atomic E-state index is 12.3. The van der Waals surface area contributed by atoms with E-state index in [4.69, 9.17) is 25.8 Å². The second-order valence-electron chi connectivity index (χ2n) is 6.01. The largest absolute Gasteiger partial charge is 0.489 e. The van der Waals surface area contributed by atoms with E-state index in [-0.39, 0.29) is 10.6 Å². The van der Waals surface area contributed by atoms with Crippen molar-refractivity contribution in [3.63, 3.8) is 0 Å². The summed E-state index contributed by atoms with van der Waals surface area (Å²) >= 11 is 6.17. The van der Waals surface area contributed by atoms with Gasteiger partial charge in [-0.1, -0.05) is 30.7 Å². The summed E-state index contributed by atoms with van der Waals surface area (Å²) in [6.45, 7) is 2.60. The van der Waals surface area contributed by atoms with Crippen LogP contribution in [0.25, 0.3) is 0 Å². The van der Waals surface area contributed by atoms with Crippen molar-refractivity contribution in [2.24, 2.45) is 0 Å².